The summed E-state index contributed by atoms with van der Waals surface area (Å²) in [7, 11) is 1.29. The number of hydrogen-bond donors (Lipinski definition) is 2. The topological polar surface area (TPSA) is 88.5 Å². The van der Waals surface area contributed by atoms with E-state index in [1.807, 2.05) is 0 Å². The first-order chi connectivity index (χ1) is 9.98. The van der Waals surface area contributed by atoms with Crippen molar-refractivity contribution in [3.8, 4) is 0 Å². The van der Waals surface area contributed by atoms with Gasteiger partial charge in [-0.25, -0.2) is 14.6 Å². The molecule has 0 saturated heterocycles. The Morgan fingerprint density at radius 2 is 2.10 bits per heavy atom. The van der Waals surface area contributed by atoms with Crippen LogP contribution in [0.4, 0.5) is 5.82 Å². The molecule has 21 heavy (non-hydrogen) atoms. The van der Waals surface area contributed by atoms with Gasteiger partial charge in [-0.3, -0.25) is 0 Å². The quantitative estimate of drug-likeness (QED) is 0.828. The first-order valence-corrected chi connectivity index (χ1v) is 7.03. The maximum atomic E-state index is 11.8. The Morgan fingerprint density at radius 1 is 1.43 bits per heavy atom. The summed E-state index contributed by atoms with van der Waals surface area (Å²) in [4.78, 5) is 27.6. The standard InChI is InChI=1S/C15H20N2O4/c1-10-5-7-15(8-6-10,14(19)20)17-12-11(13(18)21-2)4-3-9-16-12/h3-4,9-10H,5-8H2,1-2H3,(H,16,17)(H,19,20). The third kappa shape index (κ3) is 3.15. The molecule has 0 aliphatic heterocycles. The van der Waals surface area contributed by atoms with Gasteiger partial charge in [-0.2, -0.15) is 0 Å². The summed E-state index contributed by atoms with van der Waals surface area (Å²) in [6.07, 6.45) is 4.22. The fourth-order valence-corrected chi connectivity index (χ4v) is 2.65. The van der Waals surface area contributed by atoms with E-state index in [2.05, 4.69) is 17.2 Å². The van der Waals surface area contributed by atoms with Crippen LogP contribution < -0.4 is 5.32 Å². The van der Waals surface area contributed by atoms with Crippen molar-refractivity contribution in [1.29, 1.82) is 0 Å². The largest absolute Gasteiger partial charge is 0.480 e. The molecule has 1 aromatic rings. The number of hydrogen-bond acceptors (Lipinski definition) is 5. The molecule has 1 aliphatic carbocycles. The molecular formula is C15H20N2O4. The first-order valence-electron chi connectivity index (χ1n) is 7.03. The fourth-order valence-electron chi connectivity index (χ4n) is 2.65. The van der Waals surface area contributed by atoms with Gasteiger partial charge in [0.2, 0.25) is 0 Å². The van der Waals surface area contributed by atoms with Crippen molar-refractivity contribution >= 4 is 17.8 Å². The predicted molar refractivity (Wildman–Crippen MR) is 77.2 cm³/mol. The number of aliphatic carboxylic acids is 1. The Hall–Kier alpha value is -2.11. The molecule has 6 heteroatoms. The van der Waals surface area contributed by atoms with E-state index >= 15 is 0 Å². The van der Waals surface area contributed by atoms with E-state index in [-0.39, 0.29) is 11.4 Å². The fraction of sp³-hybridized carbons (Fsp3) is 0.533. The highest BCUT2D eigenvalue weighted by atomic mass is 16.5. The smallest absolute Gasteiger partial charge is 0.341 e. The second kappa shape index (κ2) is 6.11. The molecule has 2 N–H and O–H groups in total. The average molecular weight is 292 g/mol. The van der Waals surface area contributed by atoms with Crippen LogP contribution in [0.5, 0.6) is 0 Å². The molecule has 1 fully saturated rings. The highest BCUT2D eigenvalue weighted by Gasteiger charge is 2.42. The molecule has 0 spiro atoms. The number of nitrogens with zero attached hydrogens (tertiary/aromatic N) is 1. The molecule has 2 rings (SSSR count). The lowest BCUT2D eigenvalue weighted by atomic mass is 9.77. The molecule has 0 aromatic carbocycles. The highest BCUT2D eigenvalue weighted by molar-refractivity contribution is 5.95. The van der Waals surface area contributed by atoms with Crippen molar-refractivity contribution in [3.05, 3.63) is 23.9 Å². The van der Waals surface area contributed by atoms with Crippen LogP contribution in [-0.4, -0.2) is 34.7 Å². The predicted octanol–water partition coefficient (Wildman–Crippen LogP) is 2.31. The summed E-state index contributed by atoms with van der Waals surface area (Å²) in [5.74, 6) is -0.657. The highest BCUT2D eigenvalue weighted by Crippen LogP contribution is 2.35. The lowest BCUT2D eigenvalue weighted by Crippen LogP contribution is -2.49. The van der Waals surface area contributed by atoms with Crippen molar-refractivity contribution < 1.29 is 19.4 Å². The van der Waals surface area contributed by atoms with E-state index in [0.717, 1.165) is 12.8 Å². The summed E-state index contributed by atoms with van der Waals surface area (Å²) >= 11 is 0. The van der Waals surface area contributed by atoms with E-state index in [1.54, 1.807) is 12.1 Å². The number of carboxylic acids is 1. The number of carbonyl (C=O) groups excluding carboxylic acids is 1. The lowest BCUT2D eigenvalue weighted by molar-refractivity contribution is -0.143. The Morgan fingerprint density at radius 3 is 2.67 bits per heavy atom. The molecule has 114 valence electrons. The zero-order valence-corrected chi connectivity index (χ0v) is 12.3. The molecule has 0 radical (unpaired) electrons. The minimum absolute atomic E-state index is 0.249. The van der Waals surface area contributed by atoms with Gasteiger partial charge in [0.05, 0.1) is 7.11 Å². The molecule has 0 amide bonds. The van der Waals surface area contributed by atoms with Crippen molar-refractivity contribution in [3.63, 3.8) is 0 Å². The number of rotatable bonds is 4. The van der Waals surface area contributed by atoms with Crippen LogP contribution in [0.2, 0.25) is 0 Å². The van der Waals surface area contributed by atoms with Gasteiger partial charge in [0, 0.05) is 6.20 Å². The SMILES string of the molecule is COC(=O)c1cccnc1NC1(C(=O)O)CCC(C)CC1. The van der Waals surface area contributed by atoms with E-state index in [4.69, 9.17) is 4.74 Å². The lowest BCUT2D eigenvalue weighted by Gasteiger charge is -2.37. The Bertz CT molecular complexity index is 536. The number of esters is 1. The Labute approximate surface area is 123 Å². The number of pyridine rings is 1. The summed E-state index contributed by atoms with van der Waals surface area (Å²) < 4.78 is 4.71. The normalized spacial score (nSPS) is 25.1. The molecule has 0 unspecified atom stereocenters. The van der Waals surface area contributed by atoms with Gasteiger partial charge in [0.1, 0.15) is 16.9 Å². The van der Waals surface area contributed by atoms with Crippen LogP contribution >= 0.6 is 0 Å². The molecule has 1 saturated carbocycles. The van der Waals surface area contributed by atoms with Crippen LogP contribution in [0, 0.1) is 5.92 Å². The van der Waals surface area contributed by atoms with Gasteiger partial charge in [0.25, 0.3) is 0 Å². The van der Waals surface area contributed by atoms with Crippen molar-refractivity contribution in [2.45, 2.75) is 38.1 Å². The van der Waals surface area contributed by atoms with Crippen LogP contribution in [0.3, 0.4) is 0 Å². The number of carboxylic acid groups (broad SMARTS) is 1. The zero-order chi connectivity index (χ0) is 15.5. The molecule has 6 nitrogen and oxygen atoms in total. The van der Waals surface area contributed by atoms with Crippen molar-refractivity contribution in [1.82, 2.24) is 4.98 Å². The van der Waals surface area contributed by atoms with Crippen LogP contribution in [0.1, 0.15) is 43.0 Å². The Balaban J connectivity index is 2.30. The van der Waals surface area contributed by atoms with Crippen LogP contribution in [-0.2, 0) is 9.53 Å². The maximum Gasteiger partial charge on any atom is 0.341 e. The number of ether oxygens (including phenoxy) is 1. The van der Waals surface area contributed by atoms with E-state index in [1.165, 1.54) is 13.3 Å². The van der Waals surface area contributed by atoms with Gasteiger partial charge in [-0.1, -0.05) is 6.92 Å². The molecule has 1 aromatic heterocycles. The van der Waals surface area contributed by atoms with Gasteiger partial charge in [0.15, 0.2) is 0 Å². The number of carbonyl (C=O) groups is 2. The molecule has 0 atom stereocenters. The number of anilines is 1. The first kappa shape index (κ1) is 15.3. The molecule has 0 bridgehead atoms. The Kier molecular flexibility index (Phi) is 4.45. The maximum absolute atomic E-state index is 11.8. The summed E-state index contributed by atoms with van der Waals surface area (Å²) in [5.41, 5.74) is -0.817. The number of aromatic nitrogens is 1. The summed E-state index contributed by atoms with van der Waals surface area (Å²) in [6, 6.07) is 3.19. The second-order valence-electron chi connectivity index (χ2n) is 5.59. The van der Waals surface area contributed by atoms with E-state index in [0.29, 0.717) is 18.8 Å². The molecule has 1 aliphatic rings. The van der Waals surface area contributed by atoms with E-state index < -0.39 is 17.5 Å². The molecular weight excluding hydrogens is 272 g/mol. The van der Waals surface area contributed by atoms with Crippen molar-refractivity contribution in [2.75, 3.05) is 12.4 Å². The van der Waals surface area contributed by atoms with Gasteiger partial charge in [-0.15, -0.1) is 0 Å². The van der Waals surface area contributed by atoms with Crippen LogP contribution in [0.15, 0.2) is 18.3 Å². The minimum atomic E-state index is -1.07. The van der Waals surface area contributed by atoms with Gasteiger partial charge >= 0.3 is 11.9 Å². The summed E-state index contributed by atoms with van der Waals surface area (Å²) in [6.45, 7) is 2.12. The second-order valence-corrected chi connectivity index (χ2v) is 5.59. The van der Waals surface area contributed by atoms with E-state index in [9.17, 15) is 14.7 Å². The van der Waals surface area contributed by atoms with Crippen LogP contribution in [0.25, 0.3) is 0 Å². The number of nitrogens with one attached hydrogen (secondary N) is 1. The van der Waals surface area contributed by atoms with Gasteiger partial charge < -0.3 is 15.2 Å². The molecule has 1 heterocycles. The third-order valence-electron chi connectivity index (χ3n) is 4.11. The zero-order valence-electron chi connectivity index (χ0n) is 12.3. The van der Waals surface area contributed by atoms with Crippen molar-refractivity contribution in [2.24, 2.45) is 5.92 Å². The monoisotopic (exact) mass is 292 g/mol. The average Bonchev–Trinajstić information content (AvgIpc) is 2.49. The number of methoxy groups -OCH3 is 1. The third-order valence-corrected chi connectivity index (χ3v) is 4.11. The van der Waals surface area contributed by atoms with Gasteiger partial charge in [-0.05, 0) is 43.7 Å². The minimum Gasteiger partial charge on any atom is -0.480 e. The summed E-state index contributed by atoms with van der Waals surface area (Å²) in [5, 5.41) is 12.6.